The van der Waals surface area contributed by atoms with Crippen LogP contribution in [0.15, 0.2) is 18.2 Å². The number of aliphatic hydroxyl groups excluding tert-OH is 1. The zero-order valence-corrected chi connectivity index (χ0v) is 9.89. The first-order valence-corrected chi connectivity index (χ1v) is 6.40. The lowest BCUT2D eigenvalue weighted by molar-refractivity contribution is 0.322. The number of aromatic nitrogens is 1. The van der Waals surface area contributed by atoms with Crippen LogP contribution in [0.3, 0.4) is 0 Å². The summed E-state index contributed by atoms with van der Waals surface area (Å²) in [6, 6.07) is 6.01. The Hall–Kier alpha value is -0.740. The Morgan fingerprint density at radius 3 is 3.07 bits per heavy atom. The van der Waals surface area contributed by atoms with Crippen molar-refractivity contribution in [1.29, 1.82) is 0 Å². The van der Waals surface area contributed by atoms with Gasteiger partial charge in [0, 0.05) is 18.1 Å². The number of anilines is 1. The quantitative estimate of drug-likeness (QED) is 0.699. The van der Waals surface area contributed by atoms with Crippen LogP contribution in [-0.2, 0) is 5.75 Å². The number of pyridine rings is 1. The third-order valence-electron chi connectivity index (χ3n) is 1.85. The third-order valence-corrected chi connectivity index (χ3v) is 2.82. The fourth-order valence-electron chi connectivity index (χ4n) is 1.15. The molecule has 0 radical (unpaired) electrons. The van der Waals surface area contributed by atoms with Crippen molar-refractivity contribution < 1.29 is 5.11 Å². The van der Waals surface area contributed by atoms with Gasteiger partial charge >= 0.3 is 0 Å². The van der Waals surface area contributed by atoms with Crippen molar-refractivity contribution in [3.8, 4) is 0 Å². The molecule has 3 nitrogen and oxygen atoms in total. The van der Waals surface area contributed by atoms with Crippen LogP contribution in [0.5, 0.6) is 0 Å². The lowest BCUT2D eigenvalue weighted by Crippen LogP contribution is -2.02. The molecule has 84 valence electrons. The molecule has 1 aromatic heterocycles. The Balaban J connectivity index is 2.42. The molecule has 0 unspecified atom stereocenters. The fourth-order valence-corrected chi connectivity index (χ4v) is 1.80. The van der Waals surface area contributed by atoms with Crippen molar-refractivity contribution in [2.24, 2.45) is 0 Å². The van der Waals surface area contributed by atoms with Crippen LogP contribution in [0.2, 0.25) is 0 Å². The number of rotatable bonds is 7. The molecule has 0 spiro atoms. The summed E-state index contributed by atoms with van der Waals surface area (Å²) in [5.74, 6) is 2.58. The molecule has 1 aromatic rings. The first-order valence-electron chi connectivity index (χ1n) is 5.25. The van der Waals surface area contributed by atoms with E-state index in [1.54, 1.807) is 11.8 Å². The maximum absolute atomic E-state index is 8.66. The van der Waals surface area contributed by atoms with Gasteiger partial charge in [-0.3, -0.25) is 0 Å². The van der Waals surface area contributed by atoms with Gasteiger partial charge in [0.15, 0.2) is 0 Å². The monoisotopic (exact) mass is 226 g/mol. The van der Waals surface area contributed by atoms with Crippen molar-refractivity contribution in [3.63, 3.8) is 0 Å². The van der Waals surface area contributed by atoms with Gasteiger partial charge in [0.25, 0.3) is 0 Å². The van der Waals surface area contributed by atoms with Crippen LogP contribution in [0.1, 0.15) is 19.0 Å². The van der Waals surface area contributed by atoms with Gasteiger partial charge in [0.05, 0.1) is 12.3 Å². The molecule has 0 saturated heterocycles. The molecular weight excluding hydrogens is 208 g/mol. The van der Waals surface area contributed by atoms with E-state index in [-0.39, 0.29) is 6.61 Å². The average Bonchev–Trinajstić information content (AvgIpc) is 2.27. The minimum Gasteiger partial charge on any atom is -0.396 e. The van der Waals surface area contributed by atoms with E-state index in [1.807, 2.05) is 18.2 Å². The molecule has 0 aromatic carbocycles. The van der Waals surface area contributed by atoms with Crippen molar-refractivity contribution in [2.45, 2.75) is 19.1 Å². The molecule has 0 aliphatic heterocycles. The molecule has 0 aliphatic carbocycles. The van der Waals surface area contributed by atoms with Crippen molar-refractivity contribution in [2.75, 3.05) is 24.2 Å². The lowest BCUT2D eigenvalue weighted by Gasteiger charge is -2.05. The van der Waals surface area contributed by atoms with E-state index in [9.17, 15) is 0 Å². The molecule has 0 amide bonds. The van der Waals surface area contributed by atoms with Gasteiger partial charge in [-0.25, -0.2) is 4.98 Å². The molecule has 1 rings (SSSR count). The Labute approximate surface area is 95.3 Å². The summed E-state index contributed by atoms with van der Waals surface area (Å²) in [6.45, 7) is 3.33. The zero-order valence-electron chi connectivity index (χ0n) is 9.07. The van der Waals surface area contributed by atoms with E-state index in [1.165, 1.54) is 0 Å². The smallest absolute Gasteiger partial charge is 0.126 e. The number of thioether (sulfide) groups is 1. The van der Waals surface area contributed by atoms with Gasteiger partial charge in [0.2, 0.25) is 0 Å². The minimum atomic E-state index is 0.235. The predicted octanol–water partition coefficient (Wildman–Crippen LogP) is 2.13. The van der Waals surface area contributed by atoms with E-state index in [4.69, 9.17) is 5.11 Å². The summed E-state index contributed by atoms with van der Waals surface area (Å²) >= 11 is 1.70. The summed E-state index contributed by atoms with van der Waals surface area (Å²) < 4.78 is 0. The summed E-state index contributed by atoms with van der Waals surface area (Å²) in [4.78, 5) is 4.47. The lowest BCUT2D eigenvalue weighted by atomic mass is 10.3. The summed E-state index contributed by atoms with van der Waals surface area (Å²) in [7, 11) is 0. The van der Waals surface area contributed by atoms with Crippen molar-refractivity contribution in [3.05, 3.63) is 23.9 Å². The highest BCUT2D eigenvalue weighted by Crippen LogP contribution is 2.12. The number of nitrogens with zero attached hydrogens (tertiary/aromatic N) is 1. The highest BCUT2D eigenvalue weighted by atomic mass is 32.2. The first-order chi connectivity index (χ1) is 7.36. The normalized spacial score (nSPS) is 10.3. The van der Waals surface area contributed by atoms with Gasteiger partial charge < -0.3 is 10.4 Å². The molecule has 0 bridgehead atoms. The Morgan fingerprint density at radius 2 is 2.33 bits per heavy atom. The van der Waals surface area contributed by atoms with E-state index in [0.29, 0.717) is 0 Å². The largest absolute Gasteiger partial charge is 0.396 e. The maximum Gasteiger partial charge on any atom is 0.126 e. The van der Waals surface area contributed by atoms with Gasteiger partial charge in [0.1, 0.15) is 5.82 Å². The predicted molar refractivity (Wildman–Crippen MR) is 66.3 cm³/mol. The molecule has 1 heterocycles. The molecule has 0 fully saturated rings. The second-order valence-electron chi connectivity index (χ2n) is 3.22. The standard InChI is InChI=1S/C11H18N2OS/c1-2-6-12-11-5-3-4-10(13-11)9-15-8-7-14/h3-5,14H,2,6-9H2,1H3,(H,12,13). The van der Waals surface area contributed by atoms with Crippen molar-refractivity contribution >= 4 is 17.6 Å². The Kier molecular flexibility index (Phi) is 6.20. The van der Waals surface area contributed by atoms with Crippen LogP contribution in [0, 0.1) is 0 Å². The highest BCUT2D eigenvalue weighted by molar-refractivity contribution is 7.98. The van der Waals surface area contributed by atoms with E-state index >= 15 is 0 Å². The van der Waals surface area contributed by atoms with Crippen LogP contribution < -0.4 is 5.32 Å². The van der Waals surface area contributed by atoms with E-state index in [2.05, 4.69) is 17.2 Å². The fraction of sp³-hybridized carbons (Fsp3) is 0.545. The number of nitrogens with one attached hydrogen (secondary N) is 1. The van der Waals surface area contributed by atoms with Gasteiger partial charge in [-0.05, 0) is 18.6 Å². The Bertz CT molecular complexity index is 281. The van der Waals surface area contributed by atoms with E-state index in [0.717, 1.165) is 36.0 Å². The first kappa shape index (κ1) is 12.3. The maximum atomic E-state index is 8.66. The third kappa shape index (κ3) is 5.04. The van der Waals surface area contributed by atoms with Gasteiger partial charge in [-0.1, -0.05) is 13.0 Å². The number of hydrogen-bond acceptors (Lipinski definition) is 4. The molecule has 2 N–H and O–H groups in total. The number of hydrogen-bond donors (Lipinski definition) is 2. The second kappa shape index (κ2) is 7.54. The minimum absolute atomic E-state index is 0.235. The van der Waals surface area contributed by atoms with E-state index < -0.39 is 0 Å². The number of aliphatic hydroxyl groups is 1. The Morgan fingerprint density at radius 1 is 1.47 bits per heavy atom. The second-order valence-corrected chi connectivity index (χ2v) is 4.32. The van der Waals surface area contributed by atoms with Gasteiger partial charge in [-0.15, -0.1) is 0 Å². The van der Waals surface area contributed by atoms with Crippen LogP contribution in [0.25, 0.3) is 0 Å². The molecule has 0 saturated carbocycles. The average molecular weight is 226 g/mol. The summed E-state index contributed by atoms with van der Waals surface area (Å²) in [5, 5.41) is 11.9. The van der Waals surface area contributed by atoms with Crippen LogP contribution in [0.4, 0.5) is 5.82 Å². The zero-order chi connectivity index (χ0) is 10.9. The van der Waals surface area contributed by atoms with Gasteiger partial charge in [-0.2, -0.15) is 11.8 Å². The molecule has 0 aliphatic rings. The molecular formula is C11H18N2OS. The SMILES string of the molecule is CCCNc1cccc(CSCCO)n1. The highest BCUT2D eigenvalue weighted by Gasteiger charge is 1.97. The molecule has 15 heavy (non-hydrogen) atoms. The van der Waals surface area contributed by atoms with Crippen molar-refractivity contribution in [1.82, 2.24) is 4.98 Å². The van der Waals surface area contributed by atoms with Crippen LogP contribution >= 0.6 is 11.8 Å². The summed E-state index contributed by atoms with van der Waals surface area (Å²) in [6.07, 6.45) is 1.10. The molecule has 4 heteroatoms. The molecule has 0 atom stereocenters. The topological polar surface area (TPSA) is 45.1 Å². The van der Waals surface area contributed by atoms with Crippen LogP contribution in [-0.4, -0.2) is 29.0 Å². The summed E-state index contributed by atoms with van der Waals surface area (Å²) in [5.41, 5.74) is 1.06.